The average Bonchev–Trinajstić information content (AvgIpc) is 2.74. The topological polar surface area (TPSA) is 66.9 Å². The van der Waals surface area contributed by atoms with Crippen molar-refractivity contribution in [2.24, 2.45) is 5.92 Å². The van der Waals surface area contributed by atoms with E-state index in [1.54, 1.807) is 11.0 Å². The SMILES string of the molecule is CCN(CC)c1ccc(CN(C(=O)C2CCC2)C(C)C)c(OS(=O)(=O)c2ccc(Cl)c(Cl)c2)c1. The van der Waals surface area contributed by atoms with E-state index in [2.05, 4.69) is 4.90 Å². The van der Waals surface area contributed by atoms with Gasteiger partial charge in [0.05, 0.1) is 10.0 Å². The Kier molecular flexibility index (Phi) is 8.77. The summed E-state index contributed by atoms with van der Waals surface area (Å²) < 4.78 is 31.9. The van der Waals surface area contributed by atoms with Crippen LogP contribution in [0.2, 0.25) is 10.0 Å². The Bertz CT molecular complexity index is 1130. The van der Waals surface area contributed by atoms with E-state index in [0.717, 1.165) is 38.0 Å². The van der Waals surface area contributed by atoms with Gasteiger partial charge >= 0.3 is 10.1 Å². The van der Waals surface area contributed by atoms with E-state index in [9.17, 15) is 13.2 Å². The van der Waals surface area contributed by atoms with Gasteiger partial charge in [0.25, 0.3) is 0 Å². The summed E-state index contributed by atoms with van der Waals surface area (Å²) in [4.78, 5) is 16.9. The summed E-state index contributed by atoms with van der Waals surface area (Å²) in [7, 11) is -4.18. The van der Waals surface area contributed by atoms with Gasteiger partial charge in [-0.1, -0.05) is 35.7 Å². The van der Waals surface area contributed by atoms with Gasteiger partial charge < -0.3 is 14.0 Å². The number of nitrogens with zero attached hydrogens (tertiary/aromatic N) is 2. The molecule has 2 aromatic rings. The molecule has 34 heavy (non-hydrogen) atoms. The number of amides is 1. The van der Waals surface area contributed by atoms with Crippen molar-refractivity contribution < 1.29 is 17.4 Å². The van der Waals surface area contributed by atoms with Crippen molar-refractivity contribution >= 4 is 44.9 Å². The minimum absolute atomic E-state index is 0.0323. The van der Waals surface area contributed by atoms with Crippen molar-refractivity contribution in [1.29, 1.82) is 0 Å². The van der Waals surface area contributed by atoms with Crippen LogP contribution in [-0.2, 0) is 21.5 Å². The first kappa shape index (κ1) is 26.6. The minimum atomic E-state index is -4.18. The number of halogens is 2. The molecule has 0 atom stereocenters. The largest absolute Gasteiger partial charge is 0.379 e. The second kappa shape index (κ2) is 11.2. The molecule has 0 radical (unpaired) electrons. The van der Waals surface area contributed by atoms with Crippen LogP contribution in [0.4, 0.5) is 5.69 Å². The van der Waals surface area contributed by atoms with Gasteiger partial charge in [0.15, 0.2) is 0 Å². The average molecular weight is 528 g/mol. The maximum atomic E-state index is 13.1. The molecule has 3 rings (SSSR count). The molecular formula is C25H32Cl2N2O4S. The number of carbonyl (C=O) groups is 1. The number of carbonyl (C=O) groups excluding carboxylic acids is 1. The second-order valence-electron chi connectivity index (χ2n) is 8.77. The maximum Gasteiger partial charge on any atom is 0.339 e. The van der Waals surface area contributed by atoms with Gasteiger partial charge in [-0.05, 0) is 64.8 Å². The van der Waals surface area contributed by atoms with Crippen molar-refractivity contribution in [3.05, 3.63) is 52.0 Å². The minimum Gasteiger partial charge on any atom is -0.379 e. The van der Waals surface area contributed by atoms with Crippen LogP contribution < -0.4 is 9.08 Å². The fourth-order valence-corrected chi connectivity index (χ4v) is 5.27. The first-order valence-corrected chi connectivity index (χ1v) is 13.8. The van der Waals surface area contributed by atoms with Crippen molar-refractivity contribution in [3.8, 4) is 5.75 Å². The van der Waals surface area contributed by atoms with Crippen molar-refractivity contribution in [3.63, 3.8) is 0 Å². The molecule has 0 aromatic heterocycles. The molecule has 1 fully saturated rings. The molecule has 2 aromatic carbocycles. The molecule has 9 heteroatoms. The van der Waals surface area contributed by atoms with Crippen LogP contribution in [0.25, 0.3) is 0 Å². The zero-order valence-corrected chi connectivity index (χ0v) is 22.4. The molecule has 0 bridgehead atoms. The maximum absolute atomic E-state index is 13.1. The first-order chi connectivity index (χ1) is 16.1. The van der Waals surface area contributed by atoms with Crippen LogP contribution in [0.3, 0.4) is 0 Å². The molecule has 186 valence electrons. The fourth-order valence-electron chi connectivity index (χ4n) is 3.92. The summed E-state index contributed by atoms with van der Waals surface area (Å²) in [5.41, 5.74) is 1.47. The van der Waals surface area contributed by atoms with Gasteiger partial charge in [-0.15, -0.1) is 0 Å². The quantitative estimate of drug-likeness (QED) is 0.347. The number of rotatable bonds is 10. The lowest BCUT2D eigenvalue weighted by Gasteiger charge is -2.34. The molecular weight excluding hydrogens is 495 g/mol. The van der Waals surface area contributed by atoms with Crippen LogP contribution in [0.1, 0.15) is 52.5 Å². The van der Waals surface area contributed by atoms with Crippen LogP contribution in [0.15, 0.2) is 41.3 Å². The Balaban J connectivity index is 2.00. The predicted octanol–water partition coefficient (Wildman–Crippen LogP) is 6.14. The summed E-state index contributed by atoms with van der Waals surface area (Å²) in [6.45, 7) is 9.77. The lowest BCUT2D eigenvalue weighted by atomic mass is 9.84. The van der Waals surface area contributed by atoms with Crippen LogP contribution in [0, 0.1) is 5.92 Å². The Morgan fingerprint density at radius 2 is 1.74 bits per heavy atom. The number of benzene rings is 2. The van der Waals surface area contributed by atoms with Gasteiger partial charge in [0.1, 0.15) is 10.6 Å². The highest BCUT2D eigenvalue weighted by Crippen LogP contribution is 2.34. The van der Waals surface area contributed by atoms with Gasteiger partial charge in [-0.2, -0.15) is 8.42 Å². The molecule has 1 saturated carbocycles. The van der Waals surface area contributed by atoms with Crippen LogP contribution >= 0.6 is 23.2 Å². The molecule has 0 saturated heterocycles. The summed E-state index contributed by atoms with van der Waals surface area (Å²) in [6, 6.07) is 9.53. The highest BCUT2D eigenvalue weighted by molar-refractivity contribution is 7.87. The van der Waals surface area contributed by atoms with E-state index in [4.69, 9.17) is 27.4 Å². The molecule has 6 nitrogen and oxygen atoms in total. The van der Waals surface area contributed by atoms with E-state index in [0.29, 0.717) is 5.56 Å². The van der Waals surface area contributed by atoms with Crippen molar-refractivity contribution in [2.45, 2.75) is 64.4 Å². The Morgan fingerprint density at radius 1 is 1.06 bits per heavy atom. The molecule has 0 heterocycles. The lowest BCUT2D eigenvalue weighted by Crippen LogP contribution is -2.42. The molecule has 0 aliphatic heterocycles. The highest BCUT2D eigenvalue weighted by Gasteiger charge is 2.31. The predicted molar refractivity (Wildman–Crippen MR) is 137 cm³/mol. The smallest absolute Gasteiger partial charge is 0.339 e. The van der Waals surface area contributed by atoms with Crippen LogP contribution in [-0.4, -0.2) is 38.4 Å². The van der Waals surface area contributed by atoms with E-state index < -0.39 is 10.1 Å². The molecule has 0 unspecified atom stereocenters. The fraction of sp³-hybridized carbons (Fsp3) is 0.480. The normalized spacial score (nSPS) is 14.1. The van der Waals surface area contributed by atoms with Gasteiger partial charge in [0, 0.05) is 48.9 Å². The summed E-state index contributed by atoms with van der Waals surface area (Å²) in [5, 5.41) is 0.382. The van der Waals surface area contributed by atoms with E-state index in [1.807, 2.05) is 39.8 Å². The Labute approximate surface area is 212 Å². The molecule has 0 N–H and O–H groups in total. The number of hydrogen-bond acceptors (Lipinski definition) is 5. The zero-order valence-electron chi connectivity index (χ0n) is 20.1. The second-order valence-corrected chi connectivity index (χ2v) is 11.1. The third-order valence-electron chi connectivity index (χ3n) is 6.26. The Hall–Kier alpha value is -1.96. The standard InChI is InChI=1S/C25H32Cl2N2O4S/c1-5-28(6-2)20-11-10-19(16-29(17(3)4)25(30)18-8-7-9-18)24(14-20)33-34(31,32)21-12-13-22(26)23(27)15-21/h10-15,17-18H,5-9,16H2,1-4H3. The summed E-state index contributed by atoms with van der Waals surface area (Å²) in [6.07, 6.45) is 2.87. The van der Waals surface area contributed by atoms with Crippen LogP contribution in [0.5, 0.6) is 5.75 Å². The van der Waals surface area contributed by atoms with E-state index >= 15 is 0 Å². The number of anilines is 1. The van der Waals surface area contributed by atoms with Crippen molar-refractivity contribution in [2.75, 3.05) is 18.0 Å². The summed E-state index contributed by atoms with van der Waals surface area (Å²) in [5.74, 6) is 0.344. The molecule has 1 aliphatic rings. The molecule has 1 amide bonds. The molecule has 1 aliphatic carbocycles. The zero-order chi connectivity index (χ0) is 25.0. The third kappa shape index (κ3) is 5.99. The Morgan fingerprint density at radius 3 is 2.26 bits per heavy atom. The molecule has 0 spiro atoms. The highest BCUT2D eigenvalue weighted by atomic mass is 35.5. The van der Waals surface area contributed by atoms with Crippen molar-refractivity contribution in [1.82, 2.24) is 4.90 Å². The monoisotopic (exact) mass is 526 g/mol. The van der Waals surface area contributed by atoms with E-state index in [1.165, 1.54) is 18.2 Å². The third-order valence-corrected chi connectivity index (χ3v) is 8.23. The first-order valence-electron chi connectivity index (χ1n) is 11.6. The summed E-state index contributed by atoms with van der Waals surface area (Å²) >= 11 is 12.0. The van der Waals surface area contributed by atoms with E-state index in [-0.39, 0.29) is 45.1 Å². The lowest BCUT2D eigenvalue weighted by molar-refractivity contribution is -0.140. The van der Waals surface area contributed by atoms with Gasteiger partial charge in [0.2, 0.25) is 5.91 Å². The number of hydrogen-bond donors (Lipinski definition) is 0. The van der Waals surface area contributed by atoms with Gasteiger partial charge in [-0.3, -0.25) is 4.79 Å². The van der Waals surface area contributed by atoms with Gasteiger partial charge in [-0.25, -0.2) is 0 Å².